The van der Waals surface area contributed by atoms with E-state index in [0.29, 0.717) is 17.4 Å². The fourth-order valence-corrected chi connectivity index (χ4v) is 2.95. The molecule has 0 saturated heterocycles. The van der Waals surface area contributed by atoms with Gasteiger partial charge in [0.25, 0.3) is 0 Å². The monoisotopic (exact) mass is 349 g/mol. The molecule has 0 fully saturated rings. The smallest absolute Gasteiger partial charge is 0.335 e. The number of fused-ring (bicyclic) bond motifs is 1. The zero-order valence-corrected chi connectivity index (χ0v) is 15.4. The van der Waals surface area contributed by atoms with E-state index < -0.39 is 5.97 Å². The summed E-state index contributed by atoms with van der Waals surface area (Å²) in [5, 5.41) is 1.23. The maximum absolute atomic E-state index is 11.4. The van der Waals surface area contributed by atoms with Gasteiger partial charge < -0.3 is 14.0 Å². The summed E-state index contributed by atoms with van der Waals surface area (Å²) in [6.07, 6.45) is 0. The number of rotatable bonds is 6. The van der Waals surface area contributed by atoms with Crippen molar-refractivity contribution in [1.82, 2.24) is 4.57 Å². The predicted octanol–water partition coefficient (Wildman–Crippen LogP) is 5.34. The summed E-state index contributed by atoms with van der Waals surface area (Å²) in [6, 6.07) is 18.7. The predicted molar refractivity (Wildman–Crippen MR) is 104 cm³/mol. The highest BCUT2D eigenvalue weighted by atomic mass is 16.7. The molecule has 0 bridgehead atoms. The first kappa shape index (κ1) is 17.8. The maximum atomic E-state index is 11.4. The molecule has 0 aliphatic rings. The van der Waals surface area contributed by atoms with E-state index in [1.54, 1.807) is 6.92 Å². The molecule has 26 heavy (non-hydrogen) atoms. The second-order valence-corrected chi connectivity index (χ2v) is 6.55. The molecule has 0 aliphatic heterocycles. The van der Waals surface area contributed by atoms with Gasteiger partial charge in [-0.2, -0.15) is 0 Å². The van der Waals surface area contributed by atoms with Crippen LogP contribution in [-0.2, 0) is 9.53 Å². The van der Waals surface area contributed by atoms with Crippen LogP contribution in [-0.4, -0.2) is 17.3 Å². The van der Waals surface area contributed by atoms with Crippen molar-refractivity contribution in [1.29, 1.82) is 0 Å². The van der Waals surface area contributed by atoms with E-state index in [1.165, 1.54) is 16.6 Å². The molecule has 0 amide bonds. The van der Waals surface area contributed by atoms with Gasteiger partial charge in [0, 0.05) is 28.2 Å². The van der Waals surface area contributed by atoms with Crippen LogP contribution in [0.1, 0.15) is 26.8 Å². The third kappa shape index (κ3) is 3.64. The van der Waals surface area contributed by atoms with Crippen molar-refractivity contribution in [3.8, 4) is 17.0 Å². The van der Waals surface area contributed by atoms with Gasteiger partial charge in [-0.1, -0.05) is 24.8 Å². The van der Waals surface area contributed by atoms with Crippen LogP contribution in [0.15, 0.2) is 66.7 Å². The summed E-state index contributed by atoms with van der Waals surface area (Å²) in [7, 11) is 0. The molecule has 2 aromatic carbocycles. The maximum Gasteiger partial charge on any atom is 0.335 e. The van der Waals surface area contributed by atoms with Crippen molar-refractivity contribution >= 4 is 16.9 Å². The lowest BCUT2D eigenvalue weighted by Crippen LogP contribution is -2.10. The molecule has 134 valence electrons. The third-order valence-corrected chi connectivity index (χ3v) is 4.18. The van der Waals surface area contributed by atoms with Crippen LogP contribution in [0, 0.1) is 0 Å². The van der Waals surface area contributed by atoms with Crippen molar-refractivity contribution in [3.63, 3.8) is 0 Å². The van der Waals surface area contributed by atoms with Gasteiger partial charge >= 0.3 is 5.97 Å². The number of benzene rings is 2. The molecule has 0 aliphatic carbocycles. The number of carbonyl (C=O) groups is 1. The van der Waals surface area contributed by atoms with Crippen LogP contribution in [0.2, 0.25) is 0 Å². The minimum atomic E-state index is -0.455. The number of hydrogen-bond donors (Lipinski definition) is 0. The average Bonchev–Trinajstić information content (AvgIpc) is 3.01. The van der Waals surface area contributed by atoms with E-state index in [1.807, 2.05) is 24.3 Å². The summed E-state index contributed by atoms with van der Waals surface area (Å²) in [6.45, 7) is 9.38. The third-order valence-electron chi connectivity index (χ3n) is 4.18. The Kier molecular flexibility index (Phi) is 5.12. The fourth-order valence-electron chi connectivity index (χ4n) is 2.95. The standard InChI is InChI=1S/C22H23NO3/c1-15(2)22(24)26-14-25-19-11-9-17(10-12-19)21-13-18-7-5-6-8-20(18)23(21)16(3)4/h5-13,16H,1,14H2,2-4H3. The van der Waals surface area contributed by atoms with Crippen LogP contribution >= 0.6 is 0 Å². The lowest BCUT2D eigenvalue weighted by Gasteiger charge is -2.15. The highest BCUT2D eigenvalue weighted by molar-refractivity contribution is 5.87. The van der Waals surface area contributed by atoms with E-state index in [-0.39, 0.29) is 6.79 Å². The van der Waals surface area contributed by atoms with Crippen molar-refractivity contribution in [2.45, 2.75) is 26.8 Å². The Morgan fingerprint density at radius 2 is 1.81 bits per heavy atom. The highest BCUT2D eigenvalue weighted by Gasteiger charge is 2.13. The molecule has 4 nitrogen and oxygen atoms in total. The summed E-state index contributed by atoms with van der Waals surface area (Å²) < 4.78 is 12.7. The second-order valence-electron chi connectivity index (χ2n) is 6.55. The molecular weight excluding hydrogens is 326 g/mol. The van der Waals surface area contributed by atoms with Gasteiger partial charge in [0.15, 0.2) is 0 Å². The Bertz CT molecular complexity index is 936. The Morgan fingerprint density at radius 1 is 1.12 bits per heavy atom. The molecule has 0 radical (unpaired) electrons. The largest absolute Gasteiger partial charge is 0.457 e. The van der Waals surface area contributed by atoms with Gasteiger partial charge in [-0.25, -0.2) is 4.79 Å². The average molecular weight is 349 g/mol. The molecule has 1 aromatic heterocycles. The minimum absolute atomic E-state index is 0.128. The molecule has 3 rings (SSSR count). The van der Waals surface area contributed by atoms with Gasteiger partial charge in [0.2, 0.25) is 6.79 Å². The Balaban J connectivity index is 1.81. The molecule has 0 atom stereocenters. The molecular formula is C22H23NO3. The number of esters is 1. The molecule has 0 unspecified atom stereocenters. The van der Waals surface area contributed by atoms with Gasteiger partial charge in [0.05, 0.1) is 0 Å². The molecule has 1 heterocycles. The quantitative estimate of drug-likeness (QED) is 0.342. The van der Waals surface area contributed by atoms with E-state index in [2.05, 4.69) is 55.3 Å². The molecule has 0 N–H and O–H groups in total. The van der Waals surface area contributed by atoms with Gasteiger partial charge in [-0.15, -0.1) is 0 Å². The molecule has 3 aromatic rings. The fraction of sp³-hybridized carbons (Fsp3) is 0.227. The zero-order chi connectivity index (χ0) is 18.7. The van der Waals surface area contributed by atoms with E-state index in [4.69, 9.17) is 9.47 Å². The number of nitrogens with zero attached hydrogens (tertiary/aromatic N) is 1. The number of aromatic nitrogens is 1. The Hall–Kier alpha value is -3.01. The summed E-state index contributed by atoms with van der Waals surface area (Å²) >= 11 is 0. The van der Waals surface area contributed by atoms with Crippen LogP contribution in [0.3, 0.4) is 0 Å². The Labute approximate surface area is 153 Å². The zero-order valence-electron chi connectivity index (χ0n) is 15.4. The first-order valence-corrected chi connectivity index (χ1v) is 8.63. The van der Waals surface area contributed by atoms with Crippen LogP contribution in [0.5, 0.6) is 5.75 Å². The number of para-hydroxylation sites is 1. The lowest BCUT2D eigenvalue weighted by atomic mass is 10.1. The van der Waals surface area contributed by atoms with Crippen molar-refractivity contribution in [3.05, 3.63) is 66.7 Å². The summed E-state index contributed by atoms with van der Waals surface area (Å²) in [4.78, 5) is 11.4. The van der Waals surface area contributed by atoms with E-state index in [9.17, 15) is 4.79 Å². The highest BCUT2D eigenvalue weighted by Crippen LogP contribution is 2.32. The number of carbonyl (C=O) groups excluding carboxylic acids is 1. The minimum Gasteiger partial charge on any atom is -0.457 e. The van der Waals surface area contributed by atoms with E-state index >= 15 is 0 Å². The number of hydrogen-bond acceptors (Lipinski definition) is 3. The Morgan fingerprint density at radius 3 is 2.46 bits per heavy atom. The normalized spacial score (nSPS) is 10.9. The first-order valence-electron chi connectivity index (χ1n) is 8.63. The first-order chi connectivity index (χ1) is 12.5. The lowest BCUT2D eigenvalue weighted by molar-refractivity contribution is -0.145. The van der Waals surface area contributed by atoms with Gasteiger partial charge in [0.1, 0.15) is 5.75 Å². The van der Waals surface area contributed by atoms with E-state index in [0.717, 1.165) is 5.56 Å². The van der Waals surface area contributed by atoms with Crippen LogP contribution < -0.4 is 4.74 Å². The van der Waals surface area contributed by atoms with Crippen molar-refractivity contribution in [2.24, 2.45) is 0 Å². The molecule has 4 heteroatoms. The van der Waals surface area contributed by atoms with Crippen LogP contribution in [0.4, 0.5) is 0 Å². The van der Waals surface area contributed by atoms with Crippen molar-refractivity contribution in [2.75, 3.05) is 6.79 Å². The van der Waals surface area contributed by atoms with Gasteiger partial charge in [-0.3, -0.25) is 0 Å². The SMILES string of the molecule is C=C(C)C(=O)OCOc1ccc(-c2cc3ccccc3n2C(C)C)cc1. The van der Waals surface area contributed by atoms with Gasteiger partial charge in [-0.05, 0) is 62.7 Å². The summed E-state index contributed by atoms with van der Waals surface area (Å²) in [5.41, 5.74) is 3.86. The van der Waals surface area contributed by atoms with Crippen molar-refractivity contribution < 1.29 is 14.3 Å². The topological polar surface area (TPSA) is 40.5 Å². The number of ether oxygens (including phenoxy) is 2. The summed E-state index contributed by atoms with van der Waals surface area (Å²) in [5.74, 6) is 0.193. The molecule has 0 spiro atoms. The molecule has 0 saturated carbocycles. The second kappa shape index (κ2) is 7.48. The van der Waals surface area contributed by atoms with Crippen LogP contribution in [0.25, 0.3) is 22.2 Å².